The van der Waals surface area contributed by atoms with Gasteiger partial charge in [0.25, 0.3) is 0 Å². The minimum absolute atomic E-state index is 0.0642. The van der Waals surface area contributed by atoms with Crippen LogP contribution in [-0.4, -0.2) is 66.4 Å². The zero-order valence-electron chi connectivity index (χ0n) is 19.7. The largest absolute Gasteiger partial charge is 0.480 e. The molecule has 8 nitrogen and oxygen atoms in total. The van der Waals surface area contributed by atoms with Crippen LogP contribution in [0.3, 0.4) is 0 Å². The van der Waals surface area contributed by atoms with Crippen molar-refractivity contribution in [3.8, 4) is 11.1 Å². The predicted octanol–water partition coefficient (Wildman–Crippen LogP) is 3.40. The third-order valence-corrected chi connectivity index (χ3v) is 7.63. The molecular weight excluding hydrogens is 448 g/mol. The summed E-state index contributed by atoms with van der Waals surface area (Å²) in [6.45, 7) is 2.57. The van der Waals surface area contributed by atoms with Gasteiger partial charge in [0.05, 0.1) is 24.7 Å². The number of carboxylic acids is 1. The van der Waals surface area contributed by atoms with Crippen LogP contribution in [0.15, 0.2) is 48.5 Å². The molecule has 2 fully saturated rings. The molecule has 0 radical (unpaired) electrons. The lowest BCUT2D eigenvalue weighted by Crippen LogP contribution is -2.58. The van der Waals surface area contributed by atoms with Gasteiger partial charge in [0.2, 0.25) is 5.91 Å². The molecule has 0 spiro atoms. The number of carbonyl (C=O) groups excluding carboxylic acids is 2. The monoisotopic (exact) mass is 478 g/mol. The van der Waals surface area contributed by atoms with E-state index in [9.17, 15) is 19.5 Å². The first-order chi connectivity index (χ1) is 16.9. The highest BCUT2D eigenvalue weighted by molar-refractivity contribution is 5.89. The molecule has 3 atom stereocenters. The fourth-order valence-electron chi connectivity index (χ4n) is 5.63. The molecule has 2 aliphatic heterocycles. The Bertz CT molecular complexity index is 1100. The Morgan fingerprint density at radius 3 is 2.40 bits per heavy atom. The molecule has 5 rings (SSSR count). The number of rotatable bonds is 5. The Balaban J connectivity index is 1.26. The van der Waals surface area contributed by atoms with Crippen molar-refractivity contribution in [3.05, 3.63) is 59.7 Å². The standard InChI is InChI=1S/C27H30N2O6/c1-27(25(32)29-13-7-6-12-22(29)24(30)31)16-34-15-23(27)28-26(33)35-14-21-19-10-4-2-8-17(19)18-9-3-5-11-20(18)21/h2-5,8-11,21-23H,6-7,12-16H2,1H3,(H,28,33)(H,30,31). The van der Waals surface area contributed by atoms with Crippen molar-refractivity contribution >= 4 is 18.0 Å². The summed E-state index contributed by atoms with van der Waals surface area (Å²) in [5.74, 6) is -1.36. The van der Waals surface area contributed by atoms with Crippen molar-refractivity contribution in [2.24, 2.45) is 5.41 Å². The molecule has 2 saturated heterocycles. The fourth-order valence-corrected chi connectivity index (χ4v) is 5.63. The van der Waals surface area contributed by atoms with Crippen LogP contribution in [-0.2, 0) is 19.1 Å². The lowest BCUT2D eigenvalue weighted by molar-refractivity contribution is -0.157. The van der Waals surface area contributed by atoms with E-state index < -0.39 is 29.6 Å². The van der Waals surface area contributed by atoms with Crippen molar-refractivity contribution in [2.75, 3.05) is 26.4 Å². The first kappa shape index (κ1) is 23.4. The molecule has 1 aliphatic carbocycles. The predicted molar refractivity (Wildman–Crippen MR) is 128 cm³/mol. The van der Waals surface area contributed by atoms with E-state index >= 15 is 0 Å². The fraction of sp³-hybridized carbons (Fsp3) is 0.444. The first-order valence-corrected chi connectivity index (χ1v) is 12.1. The highest BCUT2D eigenvalue weighted by Gasteiger charge is 2.51. The van der Waals surface area contributed by atoms with Crippen LogP contribution in [0, 0.1) is 5.41 Å². The Morgan fingerprint density at radius 1 is 1.09 bits per heavy atom. The summed E-state index contributed by atoms with van der Waals surface area (Å²) in [6.07, 6.45) is 1.35. The maximum absolute atomic E-state index is 13.5. The van der Waals surface area contributed by atoms with Gasteiger partial charge < -0.3 is 24.8 Å². The lowest BCUT2D eigenvalue weighted by atomic mass is 9.82. The van der Waals surface area contributed by atoms with Crippen LogP contribution in [0.1, 0.15) is 43.2 Å². The van der Waals surface area contributed by atoms with Crippen molar-refractivity contribution in [1.29, 1.82) is 0 Å². The number of piperidine rings is 1. The SMILES string of the molecule is CC1(C(=O)N2CCCCC2C(=O)O)COCC1NC(=O)OCC1c2ccccc2-c2ccccc21. The number of aliphatic carboxylic acids is 1. The third kappa shape index (κ3) is 4.16. The average molecular weight is 479 g/mol. The van der Waals surface area contributed by atoms with Gasteiger partial charge >= 0.3 is 12.1 Å². The number of amides is 2. The molecule has 0 aromatic heterocycles. The van der Waals surface area contributed by atoms with Crippen LogP contribution in [0.4, 0.5) is 4.79 Å². The maximum atomic E-state index is 13.5. The minimum atomic E-state index is -1.06. The normalized spacial score (nSPS) is 25.6. The van der Waals surface area contributed by atoms with Crippen molar-refractivity contribution in [1.82, 2.24) is 10.2 Å². The zero-order valence-corrected chi connectivity index (χ0v) is 19.7. The van der Waals surface area contributed by atoms with Gasteiger partial charge in [-0.25, -0.2) is 9.59 Å². The highest BCUT2D eigenvalue weighted by Crippen LogP contribution is 2.44. The second kappa shape index (κ2) is 9.34. The van der Waals surface area contributed by atoms with Gasteiger partial charge in [-0.1, -0.05) is 48.5 Å². The second-order valence-corrected chi connectivity index (χ2v) is 9.80. The van der Waals surface area contributed by atoms with E-state index in [1.807, 2.05) is 24.3 Å². The lowest BCUT2D eigenvalue weighted by Gasteiger charge is -2.39. The molecule has 35 heavy (non-hydrogen) atoms. The quantitative estimate of drug-likeness (QED) is 0.683. The van der Waals surface area contributed by atoms with Gasteiger partial charge in [-0.3, -0.25) is 4.79 Å². The number of likely N-dealkylation sites (tertiary alicyclic amines) is 1. The summed E-state index contributed by atoms with van der Waals surface area (Å²) >= 11 is 0. The molecule has 2 aromatic carbocycles. The number of hydrogen-bond donors (Lipinski definition) is 2. The second-order valence-electron chi connectivity index (χ2n) is 9.80. The van der Waals surface area contributed by atoms with Crippen molar-refractivity contribution < 1.29 is 29.0 Å². The summed E-state index contributed by atoms with van der Waals surface area (Å²) in [5.41, 5.74) is 3.48. The van der Waals surface area contributed by atoms with Gasteiger partial charge in [-0.2, -0.15) is 0 Å². The number of alkyl carbamates (subject to hydrolysis) is 1. The van der Waals surface area contributed by atoms with E-state index in [0.717, 1.165) is 35.1 Å². The van der Waals surface area contributed by atoms with E-state index in [2.05, 4.69) is 29.6 Å². The number of carboxylic acid groups (broad SMARTS) is 1. The number of hydrogen-bond acceptors (Lipinski definition) is 5. The van der Waals surface area contributed by atoms with Gasteiger partial charge in [0.15, 0.2) is 0 Å². The zero-order chi connectivity index (χ0) is 24.6. The number of fused-ring (bicyclic) bond motifs is 3. The molecule has 2 aromatic rings. The molecule has 0 saturated carbocycles. The Hall–Kier alpha value is -3.39. The number of nitrogens with one attached hydrogen (secondary N) is 1. The van der Waals surface area contributed by atoms with E-state index in [0.29, 0.717) is 13.0 Å². The van der Waals surface area contributed by atoms with Crippen LogP contribution < -0.4 is 5.32 Å². The molecule has 3 aliphatic rings. The average Bonchev–Trinajstić information content (AvgIpc) is 3.40. The van der Waals surface area contributed by atoms with Crippen molar-refractivity contribution in [2.45, 2.75) is 44.2 Å². The molecule has 8 heteroatoms. The van der Waals surface area contributed by atoms with E-state index in [1.165, 1.54) is 4.90 Å². The maximum Gasteiger partial charge on any atom is 0.407 e. The summed E-state index contributed by atoms with van der Waals surface area (Å²) in [5, 5.41) is 12.4. The molecular formula is C27H30N2O6. The van der Waals surface area contributed by atoms with Crippen LogP contribution in [0.25, 0.3) is 11.1 Å². The molecule has 3 unspecified atom stereocenters. The smallest absolute Gasteiger partial charge is 0.407 e. The highest BCUT2D eigenvalue weighted by atomic mass is 16.5. The molecule has 2 amide bonds. The van der Waals surface area contributed by atoms with Crippen LogP contribution in [0.5, 0.6) is 0 Å². The van der Waals surface area contributed by atoms with Crippen LogP contribution >= 0.6 is 0 Å². The number of ether oxygens (including phenoxy) is 2. The van der Waals surface area contributed by atoms with Gasteiger partial charge in [0.1, 0.15) is 12.6 Å². The molecule has 0 bridgehead atoms. The number of nitrogens with zero attached hydrogens (tertiary/aromatic N) is 1. The Kier molecular flexibility index (Phi) is 6.23. The van der Waals surface area contributed by atoms with Gasteiger partial charge in [-0.05, 0) is 48.4 Å². The summed E-state index contributed by atoms with van der Waals surface area (Å²) in [4.78, 5) is 39.4. The number of carbonyl (C=O) groups is 3. The van der Waals surface area contributed by atoms with E-state index in [-0.39, 0.29) is 31.6 Å². The van der Waals surface area contributed by atoms with Crippen molar-refractivity contribution in [3.63, 3.8) is 0 Å². The van der Waals surface area contributed by atoms with Gasteiger partial charge in [0, 0.05) is 12.5 Å². The summed E-state index contributed by atoms with van der Waals surface area (Å²) in [6, 6.07) is 14.8. The van der Waals surface area contributed by atoms with E-state index in [1.54, 1.807) is 6.92 Å². The third-order valence-electron chi connectivity index (χ3n) is 7.63. The molecule has 2 N–H and O–H groups in total. The summed E-state index contributed by atoms with van der Waals surface area (Å²) < 4.78 is 11.2. The number of benzene rings is 2. The minimum Gasteiger partial charge on any atom is -0.480 e. The topological polar surface area (TPSA) is 105 Å². The summed E-state index contributed by atoms with van der Waals surface area (Å²) in [7, 11) is 0. The van der Waals surface area contributed by atoms with E-state index in [4.69, 9.17) is 9.47 Å². The van der Waals surface area contributed by atoms with Crippen LogP contribution in [0.2, 0.25) is 0 Å². The first-order valence-electron chi connectivity index (χ1n) is 12.1. The molecule has 184 valence electrons. The Morgan fingerprint density at radius 2 is 1.74 bits per heavy atom. The molecule has 2 heterocycles. The Labute approximate surface area is 204 Å². The van der Waals surface area contributed by atoms with Gasteiger partial charge in [-0.15, -0.1) is 0 Å².